The maximum atomic E-state index is 13.7. The average Bonchev–Trinajstić information content (AvgIpc) is 2.77. The van der Waals surface area contributed by atoms with Crippen LogP contribution < -0.4 is 4.74 Å². The molecule has 1 heterocycles. The molecule has 0 aliphatic rings. The van der Waals surface area contributed by atoms with Crippen molar-refractivity contribution in [1.29, 1.82) is 0 Å². The van der Waals surface area contributed by atoms with E-state index in [0.717, 1.165) is 4.68 Å². The van der Waals surface area contributed by atoms with Gasteiger partial charge in [0.05, 0.1) is 24.6 Å². The fourth-order valence-corrected chi connectivity index (χ4v) is 1.59. The van der Waals surface area contributed by atoms with Crippen LogP contribution in [0, 0.1) is 5.82 Å². The molecule has 0 saturated heterocycles. The molecule has 1 aromatic heterocycles. The second kappa shape index (κ2) is 4.87. The van der Waals surface area contributed by atoms with Gasteiger partial charge in [-0.2, -0.15) is 5.10 Å². The number of carboxylic acids is 1. The number of para-hydroxylation sites is 1. The highest BCUT2D eigenvalue weighted by atomic mass is 19.1. The molecule has 5 nitrogen and oxygen atoms in total. The molecule has 0 amide bonds. The lowest BCUT2D eigenvalue weighted by molar-refractivity contribution is 0.0696. The zero-order valence-electron chi connectivity index (χ0n) is 9.63. The van der Waals surface area contributed by atoms with Gasteiger partial charge < -0.3 is 9.84 Å². The van der Waals surface area contributed by atoms with Crippen molar-refractivity contribution < 1.29 is 19.0 Å². The van der Waals surface area contributed by atoms with Crippen molar-refractivity contribution in [3.63, 3.8) is 0 Å². The third kappa shape index (κ3) is 2.17. The van der Waals surface area contributed by atoms with E-state index in [1.165, 1.54) is 30.6 Å². The largest absolute Gasteiger partial charge is 0.491 e. The third-order valence-corrected chi connectivity index (χ3v) is 2.32. The van der Waals surface area contributed by atoms with Gasteiger partial charge >= 0.3 is 5.97 Å². The van der Waals surface area contributed by atoms with Crippen molar-refractivity contribution in [2.75, 3.05) is 6.61 Å². The minimum absolute atomic E-state index is 0.101. The first kappa shape index (κ1) is 12.1. The summed E-state index contributed by atoms with van der Waals surface area (Å²) in [6.45, 7) is 2.26. The van der Waals surface area contributed by atoms with E-state index < -0.39 is 11.8 Å². The van der Waals surface area contributed by atoms with Gasteiger partial charge in [-0.25, -0.2) is 13.9 Å². The minimum Gasteiger partial charge on any atom is -0.491 e. The molecule has 0 fully saturated rings. The summed E-state index contributed by atoms with van der Waals surface area (Å²) in [5.41, 5.74) is -0.253. The molecule has 0 bridgehead atoms. The number of benzene rings is 1. The van der Waals surface area contributed by atoms with Gasteiger partial charge in [-0.1, -0.05) is 6.07 Å². The number of carbonyl (C=O) groups is 1. The van der Waals surface area contributed by atoms with E-state index in [1.54, 1.807) is 0 Å². The molecular formula is C12H11FN2O3. The van der Waals surface area contributed by atoms with Gasteiger partial charge in [0.15, 0.2) is 5.75 Å². The summed E-state index contributed by atoms with van der Waals surface area (Å²) in [7, 11) is 0. The van der Waals surface area contributed by atoms with E-state index in [4.69, 9.17) is 9.84 Å². The van der Waals surface area contributed by atoms with Crippen LogP contribution >= 0.6 is 0 Å². The molecule has 18 heavy (non-hydrogen) atoms. The fraction of sp³-hybridized carbons (Fsp3) is 0.167. The molecule has 0 radical (unpaired) electrons. The van der Waals surface area contributed by atoms with Gasteiger partial charge in [-0.05, 0) is 19.1 Å². The highest BCUT2D eigenvalue weighted by Gasteiger charge is 2.17. The van der Waals surface area contributed by atoms with Crippen molar-refractivity contribution in [2.24, 2.45) is 0 Å². The lowest BCUT2D eigenvalue weighted by Crippen LogP contribution is -2.08. The van der Waals surface area contributed by atoms with Crippen molar-refractivity contribution in [2.45, 2.75) is 6.92 Å². The molecule has 2 aromatic rings. The molecule has 0 aliphatic heterocycles. The van der Waals surface area contributed by atoms with Crippen molar-refractivity contribution in [3.8, 4) is 11.4 Å². The molecule has 2 rings (SSSR count). The molecular weight excluding hydrogens is 239 g/mol. The molecule has 0 unspecified atom stereocenters. The van der Waals surface area contributed by atoms with Gasteiger partial charge in [0.1, 0.15) is 11.5 Å². The van der Waals surface area contributed by atoms with Crippen LogP contribution in [0.4, 0.5) is 4.39 Å². The zero-order chi connectivity index (χ0) is 13.1. The number of carboxylic acid groups (broad SMARTS) is 1. The van der Waals surface area contributed by atoms with E-state index >= 15 is 0 Å². The van der Waals surface area contributed by atoms with Crippen LogP contribution in [0.3, 0.4) is 0 Å². The molecule has 0 aliphatic carbocycles. The monoisotopic (exact) mass is 250 g/mol. The molecule has 94 valence electrons. The quantitative estimate of drug-likeness (QED) is 0.902. The van der Waals surface area contributed by atoms with Crippen molar-refractivity contribution in [3.05, 3.63) is 42.0 Å². The van der Waals surface area contributed by atoms with Gasteiger partial charge in [0.2, 0.25) is 0 Å². The van der Waals surface area contributed by atoms with Crippen molar-refractivity contribution >= 4 is 5.97 Å². The van der Waals surface area contributed by atoms with E-state index in [0.29, 0.717) is 12.4 Å². The second-order valence-corrected chi connectivity index (χ2v) is 3.49. The van der Waals surface area contributed by atoms with Gasteiger partial charge in [-0.3, -0.25) is 0 Å². The lowest BCUT2D eigenvalue weighted by Gasteiger charge is -2.06. The summed E-state index contributed by atoms with van der Waals surface area (Å²) in [5, 5.41) is 12.9. The number of rotatable bonds is 4. The Morgan fingerprint density at radius 3 is 3.00 bits per heavy atom. The molecule has 1 N–H and O–H groups in total. The second-order valence-electron chi connectivity index (χ2n) is 3.49. The van der Waals surface area contributed by atoms with Crippen LogP contribution in [-0.4, -0.2) is 27.5 Å². The zero-order valence-corrected chi connectivity index (χ0v) is 9.63. The van der Waals surface area contributed by atoms with Crippen LogP contribution in [-0.2, 0) is 0 Å². The van der Waals surface area contributed by atoms with Crippen LogP contribution in [0.5, 0.6) is 5.75 Å². The molecule has 0 atom stereocenters. The maximum Gasteiger partial charge on any atom is 0.338 e. The number of aromatic nitrogens is 2. The summed E-state index contributed by atoms with van der Waals surface area (Å²) in [4.78, 5) is 11.0. The number of halogens is 1. The molecule has 6 heteroatoms. The van der Waals surface area contributed by atoms with Crippen LogP contribution in [0.2, 0.25) is 0 Å². The van der Waals surface area contributed by atoms with Gasteiger partial charge in [0, 0.05) is 0 Å². The third-order valence-electron chi connectivity index (χ3n) is 2.32. The first-order valence-electron chi connectivity index (χ1n) is 5.33. The summed E-state index contributed by atoms with van der Waals surface area (Å²) in [6.07, 6.45) is 2.84. The Bertz CT molecular complexity index is 580. The van der Waals surface area contributed by atoms with Crippen LogP contribution in [0.25, 0.3) is 5.69 Å². The predicted octanol–water partition coefficient (Wildman–Crippen LogP) is 2.11. The van der Waals surface area contributed by atoms with Crippen LogP contribution in [0.1, 0.15) is 17.3 Å². The van der Waals surface area contributed by atoms with Gasteiger partial charge in [0.25, 0.3) is 0 Å². The minimum atomic E-state index is -1.21. The highest BCUT2D eigenvalue weighted by Crippen LogP contribution is 2.20. The Hall–Kier alpha value is -2.37. The highest BCUT2D eigenvalue weighted by molar-refractivity contribution is 5.91. The van der Waals surface area contributed by atoms with E-state index in [1.807, 2.05) is 6.92 Å². The molecule has 0 saturated carbocycles. The average molecular weight is 250 g/mol. The SMILES string of the molecule is CCOc1cnn(-c2c(F)cccc2C(=O)O)c1. The summed E-state index contributed by atoms with van der Waals surface area (Å²) in [5.74, 6) is -1.41. The number of nitrogens with zero attached hydrogens (tertiary/aromatic N) is 2. The standard InChI is InChI=1S/C12H11FN2O3/c1-2-18-8-6-14-15(7-8)11-9(12(16)17)4-3-5-10(11)13/h3-7H,2H2,1H3,(H,16,17). The fourth-order valence-electron chi connectivity index (χ4n) is 1.59. The Morgan fingerprint density at radius 1 is 1.56 bits per heavy atom. The number of aromatic carboxylic acids is 1. The Labute approximate surface area is 102 Å². The molecule has 1 aromatic carbocycles. The summed E-state index contributed by atoms with van der Waals surface area (Å²) in [6, 6.07) is 3.85. The van der Waals surface area contributed by atoms with Crippen LogP contribution in [0.15, 0.2) is 30.6 Å². The molecule has 0 spiro atoms. The number of hydrogen-bond donors (Lipinski definition) is 1. The number of hydrogen-bond acceptors (Lipinski definition) is 3. The summed E-state index contributed by atoms with van der Waals surface area (Å²) >= 11 is 0. The topological polar surface area (TPSA) is 64.4 Å². The van der Waals surface area contributed by atoms with Gasteiger partial charge in [-0.15, -0.1) is 0 Å². The Morgan fingerprint density at radius 2 is 2.33 bits per heavy atom. The Balaban J connectivity index is 2.51. The maximum absolute atomic E-state index is 13.7. The van der Waals surface area contributed by atoms with E-state index in [-0.39, 0.29) is 11.3 Å². The summed E-state index contributed by atoms with van der Waals surface area (Å²) < 4.78 is 20.1. The normalized spacial score (nSPS) is 10.3. The van der Waals surface area contributed by atoms with E-state index in [9.17, 15) is 9.18 Å². The Kier molecular flexibility index (Phi) is 3.27. The predicted molar refractivity (Wildman–Crippen MR) is 61.7 cm³/mol. The van der Waals surface area contributed by atoms with E-state index in [2.05, 4.69) is 5.10 Å². The van der Waals surface area contributed by atoms with Crippen molar-refractivity contribution in [1.82, 2.24) is 9.78 Å². The smallest absolute Gasteiger partial charge is 0.338 e. The first-order valence-corrected chi connectivity index (χ1v) is 5.33. The first-order chi connectivity index (χ1) is 8.63. The lowest BCUT2D eigenvalue weighted by atomic mass is 10.1. The number of ether oxygens (including phenoxy) is 1.